The van der Waals surface area contributed by atoms with Crippen LogP contribution in [0.1, 0.15) is 16.7 Å². The first-order valence-electron chi connectivity index (χ1n) is 7.83. The summed E-state index contributed by atoms with van der Waals surface area (Å²) in [5.74, 6) is 0.282. The van der Waals surface area contributed by atoms with Crippen molar-refractivity contribution in [3.63, 3.8) is 0 Å². The van der Waals surface area contributed by atoms with Crippen LogP contribution in [0.2, 0.25) is 0 Å². The second-order valence-corrected chi connectivity index (χ2v) is 5.68. The first kappa shape index (κ1) is 17.7. The standard InChI is InChI=1S/C19H15F3N2O2/c20-19(21,22)15-4-1-3-13(9-15)10-18(25)24-12-14-6-7-16(23-11-14)17-5-2-8-26-17/h1-9,11H,10,12H2,(H,24,25). The average molecular weight is 360 g/mol. The van der Waals surface area contributed by atoms with Gasteiger partial charge in [-0.3, -0.25) is 9.78 Å². The van der Waals surface area contributed by atoms with Crippen molar-refractivity contribution in [1.29, 1.82) is 0 Å². The molecule has 4 nitrogen and oxygen atoms in total. The van der Waals surface area contributed by atoms with Crippen LogP contribution in [0, 0.1) is 0 Å². The van der Waals surface area contributed by atoms with E-state index in [0.29, 0.717) is 17.0 Å². The average Bonchev–Trinajstić information content (AvgIpc) is 3.14. The lowest BCUT2D eigenvalue weighted by molar-refractivity contribution is -0.137. The van der Waals surface area contributed by atoms with Gasteiger partial charge in [-0.15, -0.1) is 0 Å². The molecule has 1 aromatic carbocycles. The van der Waals surface area contributed by atoms with Gasteiger partial charge in [0.1, 0.15) is 5.69 Å². The van der Waals surface area contributed by atoms with E-state index in [9.17, 15) is 18.0 Å². The Morgan fingerprint density at radius 2 is 1.92 bits per heavy atom. The Kier molecular flexibility index (Phi) is 5.06. The van der Waals surface area contributed by atoms with Crippen LogP contribution in [0.25, 0.3) is 11.5 Å². The number of carbonyl (C=O) groups excluding carboxylic acids is 1. The lowest BCUT2D eigenvalue weighted by Crippen LogP contribution is -2.24. The monoisotopic (exact) mass is 360 g/mol. The smallest absolute Gasteiger partial charge is 0.416 e. The van der Waals surface area contributed by atoms with Gasteiger partial charge in [0.2, 0.25) is 5.91 Å². The summed E-state index contributed by atoms with van der Waals surface area (Å²) >= 11 is 0. The van der Waals surface area contributed by atoms with E-state index in [2.05, 4.69) is 10.3 Å². The van der Waals surface area contributed by atoms with Gasteiger partial charge in [-0.1, -0.05) is 24.3 Å². The van der Waals surface area contributed by atoms with Gasteiger partial charge in [0.05, 0.1) is 18.2 Å². The van der Waals surface area contributed by atoms with Crippen LogP contribution >= 0.6 is 0 Å². The van der Waals surface area contributed by atoms with Gasteiger partial charge in [0.15, 0.2) is 5.76 Å². The van der Waals surface area contributed by atoms with Crippen LogP contribution < -0.4 is 5.32 Å². The van der Waals surface area contributed by atoms with Crippen molar-refractivity contribution in [2.75, 3.05) is 0 Å². The number of halogens is 3. The zero-order chi connectivity index (χ0) is 18.6. The molecule has 0 unspecified atom stereocenters. The Hall–Kier alpha value is -3.09. The van der Waals surface area contributed by atoms with Crippen LogP contribution in [0.15, 0.2) is 65.4 Å². The molecule has 0 aliphatic carbocycles. The number of hydrogen-bond acceptors (Lipinski definition) is 3. The van der Waals surface area contributed by atoms with Gasteiger partial charge in [-0.25, -0.2) is 0 Å². The third-order valence-corrected chi connectivity index (χ3v) is 3.71. The normalized spacial score (nSPS) is 11.3. The lowest BCUT2D eigenvalue weighted by Gasteiger charge is -2.09. The highest BCUT2D eigenvalue weighted by Crippen LogP contribution is 2.29. The van der Waals surface area contributed by atoms with Crippen molar-refractivity contribution in [1.82, 2.24) is 10.3 Å². The van der Waals surface area contributed by atoms with E-state index >= 15 is 0 Å². The van der Waals surface area contributed by atoms with Crippen molar-refractivity contribution in [2.45, 2.75) is 19.1 Å². The summed E-state index contributed by atoms with van der Waals surface area (Å²) < 4.78 is 43.3. The maximum atomic E-state index is 12.7. The molecule has 0 atom stereocenters. The first-order valence-corrected chi connectivity index (χ1v) is 7.83. The van der Waals surface area contributed by atoms with E-state index < -0.39 is 11.7 Å². The minimum absolute atomic E-state index is 0.123. The van der Waals surface area contributed by atoms with Crippen molar-refractivity contribution in [3.8, 4) is 11.5 Å². The Balaban J connectivity index is 1.56. The predicted octanol–water partition coefficient (Wildman–Crippen LogP) is 4.22. The Labute approximate surface area is 147 Å². The van der Waals surface area contributed by atoms with Crippen LogP contribution in [0.3, 0.4) is 0 Å². The van der Waals surface area contributed by atoms with E-state index in [1.807, 2.05) is 0 Å². The molecule has 0 bridgehead atoms. The van der Waals surface area contributed by atoms with Gasteiger partial charge in [0.25, 0.3) is 0 Å². The molecule has 134 valence electrons. The molecule has 26 heavy (non-hydrogen) atoms. The number of carbonyl (C=O) groups is 1. The third kappa shape index (κ3) is 4.50. The first-order chi connectivity index (χ1) is 12.4. The van der Waals surface area contributed by atoms with E-state index in [1.165, 1.54) is 12.1 Å². The number of hydrogen-bond donors (Lipinski definition) is 1. The van der Waals surface area contributed by atoms with Gasteiger partial charge in [-0.05, 0) is 35.4 Å². The summed E-state index contributed by atoms with van der Waals surface area (Å²) in [6.45, 7) is 0.239. The van der Waals surface area contributed by atoms with Crippen molar-refractivity contribution in [3.05, 3.63) is 77.7 Å². The lowest BCUT2D eigenvalue weighted by atomic mass is 10.1. The fraction of sp³-hybridized carbons (Fsp3) is 0.158. The largest absolute Gasteiger partial charge is 0.463 e. The Morgan fingerprint density at radius 3 is 2.58 bits per heavy atom. The summed E-state index contributed by atoms with van der Waals surface area (Å²) in [5.41, 5.74) is 0.996. The summed E-state index contributed by atoms with van der Waals surface area (Å²) in [5, 5.41) is 2.68. The highest BCUT2D eigenvalue weighted by atomic mass is 19.4. The number of nitrogens with one attached hydrogen (secondary N) is 1. The predicted molar refractivity (Wildman–Crippen MR) is 88.9 cm³/mol. The maximum Gasteiger partial charge on any atom is 0.416 e. The van der Waals surface area contributed by atoms with Crippen LogP contribution in [0.5, 0.6) is 0 Å². The molecule has 0 fully saturated rings. The number of benzene rings is 1. The summed E-state index contributed by atoms with van der Waals surface area (Å²) in [4.78, 5) is 16.2. The zero-order valence-corrected chi connectivity index (χ0v) is 13.6. The molecule has 0 aliphatic heterocycles. The van der Waals surface area contributed by atoms with Crippen LogP contribution in [-0.2, 0) is 23.9 Å². The van der Waals surface area contributed by atoms with E-state index in [0.717, 1.165) is 17.7 Å². The topological polar surface area (TPSA) is 55.1 Å². The summed E-state index contributed by atoms with van der Waals surface area (Å²) in [6, 6.07) is 11.9. The fourth-order valence-electron chi connectivity index (χ4n) is 2.41. The molecule has 0 radical (unpaired) electrons. The number of nitrogens with zero attached hydrogens (tertiary/aromatic N) is 1. The van der Waals surface area contributed by atoms with E-state index in [4.69, 9.17) is 4.42 Å². The molecule has 2 aromatic heterocycles. The number of rotatable bonds is 5. The quantitative estimate of drug-likeness (QED) is 0.741. The van der Waals surface area contributed by atoms with Gasteiger partial charge in [-0.2, -0.15) is 13.2 Å². The number of furan rings is 1. The number of aromatic nitrogens is 1. The third-order valence-electron chi connectivity index (χ3n) is 3.71. The number of alkyl halides is 3. The molecule has 0 aliphatic rings. The van der Waals surface area contributed by atoms with Gasteiger partial charge < -0.3 is 9.73 Å². The van der Waals surface area contributed by atoms with E-state index in [-0.39, 0.29) is 18.9 Å². The minimum Gasteiger partial charge on any atom is -0.463 e. The van der Waals surface area contributed by atoms with E-state index in [1.54, 1.807) is 36.7 Å². The number of amides is 1. The molecule has 0 spiro atoms. The molecule has 1 N–H and O–H groups in total. The molecule has 3 rings (SSSR count). The van der Waals surface area contributed by atoms with Crippen molar-refractivity contribution < 1.29 is 22.4 Å². The molecule has 0 saturated heterocycles. The Bertz CT molecular complexity index is 873. The van der Waals surface area contributed by atoms with Gasteiger partial charge >= 0.3 is 6.18 Å². The van der Waals surface area contributed by atoms with Crippen LogP contribution in [0.4, 0.5) is 13.2 Å². The molecule has 1 amide bonds. The maximum absolute atomic E-state index is 12.7. The minimum atomic E-state index is -4.42. The molecule has 0 saturated carbocycles. The van der Waals surface area contributed by atoms with Crippen LogP contribution in [-0.4, -0.2) is 10.9 Å². The number of pyridine rings is 1. The fourth-order valence-corrected chi connectivity index (χ4v) is 2.41. The van der Waals surface area contributed by atoms with Crippen molar-refractivity contribution >= 4 is 5.91 Å². The zero-order valence-electron chi connectivity index (χ0n) is 13.6. The highest BCUT2D eigenvalue weighted by molar-refractivity contribution is 5.78. The second-order valence-electron chi connectivity index (χ2n) is 5.68. The second kappa shape index (κ2) is 7.43. The molecule has 2 heterocycles. The molecular formula is C19H15F3N2O2. The highest BCUT2D eigenvalue weighted by Gasteiger charge is 2.30. The summed E-state index contributed by atoms with van der Waals surface area (Å²) in [7, 11) is 0. The SMILES string of the molecule is O=C(Cc1cccc(C(F)(F)F)c1)NCc1ccc(-c2ccco2)nc1. The molecular weight excluding hydrogens is 345 g/mol. The van der Waals surface area contributed by atoms with Crippen molar-refractivity contribution in [2.24, 2.45) is 0 Å². The summed E-state index contributed by atoms with van der Waals surface area (Å²) in [6.07, 6.45) is -1.38. The Morgan fingerprint density at radius 1 is 1.08 bits per heavy atom. The molecule has 3 aromatic rings. The molecule has 7 heteroatoms. The van der Waals surface area contributed by atoms with Gasteiger partial charge in [0, 0.05) is 12.7 Å².